The van der Waals surface area contributed by atoms with Crippen molar-refractivity contribution in [1.82, 2.24) is 10.7 Å². The van der Waals surface area contributed by atoms with Crippen molar-refractivity contribution in [2.45, 2.75) is 0 Å². The van der Waals surface area contributed by atoms with Crippen LogP contribution in [0.3, 0.4) is 0 Å². The maximum absolute atomic E-state index is 4.20. The largest absolute Gasteiger partial charge is 0.353 e. The van der Waals surface area contributed by atoms with Crippen LogP contribution in [0.15, 0.2) is 63.1 Å². The number of hydrazone groups is 1. The van der Waals surface area contributed by atoms with Crippen molar-refractivity contribution in [3.63, 3.8) is 0 Å². The summed E-state index contributed by atoms with van der Waals surface area (Å²) < 4.78 is 1.03. The molecule has 2 aromatic carbocycles. The Bertz CT molecular complexity index is 804. The van der Waals surface area contributed by atoms with Gasteiger partial charge in [0.25, 0.3) is 0 Å². The molecule has 2 N–H and O–H groups in total. The highest BCUT2D eigenvalue weighted by Gasteiger charge is 2.01. The number of benzene rings is 2. The Kier molecular flexibility index (Phi) is 6.86. The van der Waals surface area contributed by atoms with E-state index in [1.165, 1.54) is 0 Å². The lowest BCUT2D eigenvalue weighted by molar-refractivity contribution is 0.920. The smallest absolute Gasteiger partial charge is 0.212 e. The van der Waals surface area contributed by atoms with Crippen LogP contribution in [0.4, 0.5) is 0 Å². The highest BCUT2D eigenvalue weighted by molar-refractivity contribution is 9.10. The number of halogens is 2. The maximum Gasteiger partial charge on any atom is 0.212 e. The second-order valence-corrected chi connectivity index (χ2v) is 5.83. The first-order valence-electron chi connectivity index (χ1n) is 7.25. The van der Waals surface area contributed by atoms with Crippen LogP contribution in [0, 0.1) is 11.8 Å². The zero-order valence-corrected chi connectivity index (χ0v) is 15.2. The molecule has 0 spiro atoms. The average molecular weight is 404 g/mol. The molecule has 0 saturated heterocycles. The molecule has 0 aromatic heterocycles. The molecule has 0 amide bonds. The fourth-order valence-corrected chi connectivity index (χ4v) is 2.40. The summed E-state index contributed by atoms with van der Waals surface area (Å²) in [5.74, 6) is 7.03. The second-order valence-electron chi connectivity index (χ2n) is 4.91. The molecule has 3 rings (SSSR count). The van der Waals surface area contributed by atoms with E-state index in [0.717, 1.165) is 40.2 Å². The summed E-state index contributed by atoms with van der Waals surface area (Å²) in [6.45, 7) is 1.66. The summed E-state index contributed by atoms with van der Waals surface area (Å²) in [6, 6.07) is 15.9. The van der Waals surface area contributed by atoms with Gasteiger partial charge in [0.05, 0.1) is 12.8 Å². The third kappa shape index (κ3) is 5.41. The van der Waals surface area contributed by atoms with Gasteiger partial charge in [0.1, 0.15) is 0 Å². The number of guanidine groups is 1. The predicted octanol–water partition coefficient (Wildman–Crippen LogP) is 3.15. The first-order chi connectivity index (χ1) is 11.3. The van der Waals surface area contributed by atoms with Crippen molar-refractivity contribution in [3.8, 4) is 11.8 Å². The van der Waals surface area contributed by atoms with Gasteiger partial charge in [-0.1, -0.05) is 46.0 Å². The van der Waals surface area contributed by atoms with Crippen LogP contribution in [0.1, 0.15) is 16.7 Å². The second kappa shape index (κ2) is 9.11. The van der Waals surface area contributed by atoms with Gasteiger partial charge in [-0.15, -0.1) is 12.4 Å². The van der Waals surface area contributed by atoms with E-state index in [4.69, 9.17) is 0 Å². The van der Waals surface area contributed by atoms with Crippen molar-refractivity contribution < 1.29 is 0 Å². The van der Waals surface area contributed by atoms with E-state index < -0.39 is 0 Å². The van der Waals surface area contributed by atoms with E-state index in [1.807, 2.05) is 48.5 Å². The molecule has 0 unspecified atom stereocenters. The van der Waals surface area contributed by atoms with Crippen LogP contribution >= 0.6 is 28.3 Å². The highest BCUT2D eigenvalue weighted by atomic mass is 79.9. The Labute approximate surface area is 156 Å². The fourth-order valence-electron chi connectivity index (χ4n) is 2.00. The molecule has 1 aliphatic rings. The Balaban J connectivity index is 0.00000208. The molecule has 0 saturated carbocycles. The Morgan fingerprint density at radius 1 is 1.12 bits per heavy atom. The monoisotopic (exact) mass is 402 g/mol. The van der Waals surface area contributed by atoms with Crippen molar-refractivity contribution >= 4 is 40.5 Å². The first kappa shape index (κ1) is 18.1. The van der Waals surface area contributed by atoms with Crippen molar-refractivity contribution in [2.75, 3.05) is 13.1 Å². The molecule has 0 atom stereocenters. The molecule has 6 heteroatoms. The normalized spacial score (nSPS) is 12.6. The SMILES string of the molecule is Brc1cccc(C#Cc2ccc(/C=N/NC3=NCCN3)cc2)c1.Cl. The summed E-state index contributed by atoms with van der Waals surface area (Å²) in [7, 11) is 0. The molecule has 4 nitrogen and oxygen atoms in total. The Hall–Kier alpha value is -2.29. The van der Waals surface area contributed by atoms with Gasteiger partial charge in [0.15, 0.2) is 0 Å². The minimum Gasteiger partial charge on any atom is -0.353 e. The average Bonchev–Trinajstić information content (AvgIpc) is 3.08. The van der Waals surface area contributed by atoms with Crippen molar-refractivity contribution in [2.24, 2.45) is 10.1 Å². The number of rotatable bonds is 2. The lowest BCUT2D eigenvalue weighted by Crippen LogP contribution is -2.30. The molecule has 2 aromatic rings. The van der Waals surface area contributed by atoms with E-state index >= 15 is 0 Å². The fraction of sp³-hybridized carbons (Fsp3) is 0.111. The van der Waals surface area contributed by atoms with Crippen molar-refractivity contribution in [3.05, 3.63) is 69.7 Å². The summed E-state index contributed by atoms with van der Waals surface area (Å²) in [5, 5.41) is 7.24. The molecule has 0 bridgehead atoms. The lowest BCUT2D eigenvalue weighted by Gasteiger charge is -1.99. The summed E-state index contributed by atoms with van der Waals surface area (Å²) in [4.78, 5) is 4.20. The zero-order chi connectivity index (χ0) is 15.9. The Morgan fingerprint density at radius 3 is 2.62 bits per heavy atom. The molecule has 0 radical (unpaired) electrons. The molecule has 1 heterocycles. The number of nitrogens with zero attached hydrogens (tertiary/aromatic N) is 2. The van der Waals surface area contributed by atoms with Gasteiger partial charge >= 0.3 is 0 Å². The summed E-state index contributed by atoms with van der Waals surface area (Å²) in [5.41, 5.74) is 5.83. The van der Waals surface area contributed by atoms with Gasteiger partial charge in [0, 0.05) is 22.1 Å². The van der Waals surface area contributed by atoms with E-state index in [0.29, 0.717) is 0 Å². The highest BCUT2D eigenvalue weighted by Crippen LogP contribution is 2.10. The standard InChI is InChI=1S/C18H15BrN4.ClH/c19-17-3-1-2-15(12-17)7-4-14-5-8-16(9-6-14)13-22-23-18-20-10-11-21-18;/h1-3,5-6,8-9,12-13H,10-11H2,(H2,20,21,23);1H/b22-13+;. The van der Waals surface area contributed by atoms with Gasteiger partial charge in [-0.05, 0) is 35.9 Å². The van der Waals surface area contributed by atoms with E-state index in [9.17, 15) is 0 Å². The molecular weight excluding hydrogens is 388 g/mol. The predicted molar refractivity (Wildman–Crippen MR) is 105 cm³/mol. The minimum atomic E-state index is 0. The summed E-state index contributed by atoms with van der Waals surface area (Å²) in [6.07, 6.45) is 1.76. The first-order valence-corrected chi connectivity index (χ1v) is 8.04. The van der Waals surface area contributed by atoms with Gasteiger partial charge in [-0.3, -0.25) is 0 Å². The van der Waals surface area contributed by atoms with Gasteiger partial charge in [-0.2, -0.15) is 5.10 Å². The van der Waals surface area contributed by atoms with Crippen LogP contribution in [0.25, 0.3) is 0 Å². The van der Waals surface area contributed by atoms with Crippen LogP contribution in [-0.2, 0) is 0 Å². The molecule has 1 aliphatic heterocycles. The van der Waals surface area contributed by atoms with Gasteiger partial charge in [0.2, 0.25) is 5.96 Å². The molecule has 0 fully saturated rings. The molecule has 122 valence electrons. The van der Waals surface area contributed by atoms with Gasteiger partial charge < -0.3 is 5.32 Å². The van der Waals surface area contributed by atoms with Crippen molar-refractivity contribution in [1.29, 1.82) is 0 Å². The van der Waals surface area contributed by atoms with Crippen LogP contribution in [-0.4, -0.2) is 25.3 Å². The molecule has 0 aliphatic carbocycles. The van der Waals surface area contributed by atoms with E-state index in [1.54, 1.807) is 6.21 Å². The van der Waals surface area contributed by atoms with Crippen LogP contribution in [0.5, 0.6) is 0 Å². The van der Waals surface area contributed by atoms with E-state index in [-0.39, 0.29) is 12.4 Å². The van der Waals surface area contributed by atoms with Gasteiger partial charge in [-0.25, -0.2) is 10.4 Å². The number of nitrogens with one attached hydrogen (secondary N) is 2. The number of aliphatic imine (C=N–C) groups is 1. The maximum atomic E-state index is 4.20. The van der Waals surface area contributed by atoms with Crippen LogP contribution < -0.4 is 10.7 Å². The van der Waals surface area contributed by atoms with E-state index in [2.05, 4.69) is 48.6 Å². The lowest BCUT2D eigenvalue weighted by atomic mass is 10.1. The molecule has 24 heavy (non-hydrogen) atoms. The Morgan fingerprint density at radius 2 is 1.92 bits per heavy atom. The quantitative estimate of drug-likeness (QED) is 0.460. The zero-order valence-electron chi connectivity index (χ0n) is 12.8. The number of hydrogen-bond acceptors (Lipinski definition) is 4. The third-order valence-corrected chi connectivity index (χ3v) is 3.64. The minimum absolute atomic E-state index is 0. The van der Waals surface area contributed by atoms with Crippen LogP contribution in [0.2, 0.25) is 0 Å². The topological polar surface area (TPSA) is 48.8 Å². The molecular formula is C18H16BrClN4. The third-order valence-electron chi connectivity index (χ3n) is 3.14. The number of hydrogen-bond donors (Lipinski definition) is 2. The summed E-state index contributed by atoms with van der Waals surface area (Å²) >= 11 is 3.45.